The molecule has 0 saturated heterocycles. The van der Waals surface area contributed by atoms with E-state index >= 15 is 0 Å². The third-order valence-electron chi connectivity index (χ3n) is 2.38. The summed E-state index contributed by atoms with van der Waals surface area (Å²) in [6, 6.07) is 4.81. The highest BCUT2D eigenvalue weighted by Crippen LogP contribution is 2.27. The maximum Gasteiger partial charge on any atom is 0.271 e. The monoisotopic (exact) mass is 274 g/mol. The zero-order valence-corrected chi connectivity index (χ0v) is 11.3. The fourth-order valence-corrected chi connectivity index (χ4v) is 2.37. The number of thioether (sulfide) groups is 1. The molecule has 0 aliphatic rings. The number of nitro groups is 1. The predicted molar refractivity (Wildman–Crippen MR) is 74.2 cm³/mol. The number of benzene rings is 1. The van der Waals surface area contributed by atoms with Gasteiger partial charge in [-0.15, -0.1) is 0 Å². The Balaban J connectivity index is 2.81. The molecule has 0 aliphatic carbocycles. The highest BCUT2D eigenvalue weighted by Gasteiger charge is 2.12. The van der Waals surface area contributed by atoms with Gasteiger partial charge in [0.2, 0.25) is 0 Å². The number of halogens is 1. The second kappa shape index (κ2) is 6.71. The van der Waals surface area contributed by atoms with Gasteiger partial charge in [-0.25, -0.2) is 0 Å². The molecule has 0 radical (unpaired) electrons. The van der Waals surface area contributed by atoms with Gasteiger partial charge in [-0.1, -0.05) is 18.5 Å². The molecule has 0 fully saturated rings. The van der Waals surface area contributed by atoms with Gasteiger partial charge in [-0.05, 0) is 18.7 Å². The fourth-order valence-electron chi connectivity index (χ4n) is 1.42. The average molecular weight is 275 g/mol. The molecule has 0 aliphatic heterocycles. The van der Waals surface area contributed by atoms with E-state index in [-0.39, 0.29) is 5.69 Å². The number of hydrogen-bond donors (Lipinski definition) is 1. The van der Waals surface area contributed by atoms with E-state index in [1.54, 1.807) is 17.8 Å². The Labute approximate surface area is 110 Å². The number of anilines is 1. The summed E-state index contributed by atoms with van der Waals surface area (Å²) in [5.41, 5.74) is 0.761. The van der Waals surface area contributed by atoms with Crippen LogP contribution in [0.5, 0.6) is 0 Å². The molecular weight excluding hydrogens is 260 g/mol. The second-order valence-electron chi connectivity index (χ2n) is 3.63. The second-order valence-corrected chi connectivity index (χ2v) is 4.94. The van der Waals surface area contributed by atoms with Gasteiger partial charge in [0, 0.05) is 23.9 Å². The van der Waals surface area contributed by atoms with Gasteiger partial charge in [0.15, 0.2) is 0 Å². The number of nitro benzene ring substituents is 1. The molecule has 0 aromatic heterocycles. The van der Waals surface area contributed by atoms with Crippen molar-refractivity contribution in [2.45, 2.75) is 19.4 Å². The highest BCUT2D eigenvalue weighted by molar-refractivity contribution is 7.98. The zero-order valence-electron chi connectivity index (χ0n) is 9.77. The van der Waals surface area contributed by atoms with Gasteiger partial charge in [-0.3, -0.25) is 10.1 Å². The summed E-state index contributed by atoms with van der Waals surface area (Å²) in [6.45, 7) is 2.09. The van der Waals surface area contributed by atoms with Crippen molar-refractivity contribution < 1.29 is 4.92 Å². The van der Waals surface area contributed by atoms with Gasteiger partial charge in [-0.2, -0.15) is 11.8 Å². The number of nitrogens with zero attached hydrogens (tertiary/aromatic N) is 1. The maximum absolute atomic E-state index is 10.6. The molecule has 0 bridgehead atoms. The molecule has 1 N–H and O–H groups in total. The van der Waals surface area contributed by atoms with Crippen molar-refractivity contribution >= 4 is 34.7 Å². The van der Waals surface area contributed by atoms with Gasteiger partial charge >= 0.3 is 0 Å². The van der Waals surface area contributed by atoms with Crippen molar-refractivity contribution in [3.8, 4) is 0 Å². The molecule has 17 heavy (non-hydrogen) atoms. The Morgan fingerprint density at radius 1 is 1.59 bits per heavy atom. The van der Waals surface area contributed by atoms with Gasteiger partial charge in [0.25, 0.3) is 5.69 Å². The van der Waals surface area contributed by atoms with Crippen LogP contribution in [-0.2, 0) is 0 Å². The minimum Gasteiger partial charge on any atom is -0.380 e. The standard InChI is InChI=1S/C11H15ClN2O2S/c1-3-8(7-17-2)13-11-5-4-9(14(15)16)6-10(11)12/h4-6,8,13H,3,7H2,1-2H3. The number of non-ortho nitro benzene ring substituents is 1. The van der Waals surface area contributed by atoms with Crippen LogP contribution < -0.4 is 5.32 Å². The maximum atomic E-state index is 10.6. The molecular formula is C11H15ClN2O2S. The summed E-state index contributed by atoms with van der Waals surface area (Å²) < 4.78 is 0. The summed E-state index contributed by atoms with van der Waals surface area (Å²) in [5.74, 6) is 0.976. The Hall–Kier alpha value is -0.940. The van der Waals surface area contributed by atoms with Crippen molar-refractivity contribution in [2.24, 2.45) is 0 Å². The van der Waals surface area contributed by atoms with Crippen molar-refractivity contribution in [3.63, 3.8) is 0 Å². The van der Waals surface area contributed by atoms with Crippen molar-refractivity contribution in [1.82, 2.24) is 0 Å². The molecule has 4 nitrogen and oxygen atoms in total. The topological polar surface area (TPSA) is 55.2 Å². The lowest BCUT2D eigenvalue weighted by Gasteiger charge is -2.17. The number of hydrogen-bond acceptors (Lipinski definition) is 4. The lowest BCUT2D eigenvalue weighted by molar-refractivity contribution is -0.384. The van der Waals surface area contributed by atoms with Gasteiger partial charge < -0.3 is 5.32 Å². The smallest absolute Gasteiger partial charge is 0.271 e. The van der Waals surface area contributed by atoms with E-state index in [2.05, 4.69) is 12.2 Å². The van der Waals surface area contributed by atoms with Crippen LogP contribution in [0.25, 0.3) is 0 Å². The molecule has 1 unspecified atom stereocenters. The average Bonchev–Trinajstić information content (AvgIpc) is 2.30. The minimum absolute atomic E-state index is 0.0125. The lowest BCUT2D eigenvalue weighted by atomic mass is 10.2. The van der Waals surface area contributed by atoms with Crippen molar-refractivity contribution in [3.05, 3.63) is 33.3 Å². The zero-order chi connectivity index (χ0) is 12.8. The Kier molecular flexibility index (Phi) is 5.58. The van der Waals surface area contributed by atoms with Crippen LogP contribution >= 0.6 is 23.4 Å². The lowest BCUT2D eigenvalue weighted by Crippen LogP contribution is -2.21. The van der Waals surface area contributed by atoms with E-state index < -0.39 is 4.92 Å². The first kappa shape index (κ1) is 14.1. The predicted octanol–water partition coefficient (Wildman–Crippen LogP) is 3.80. The van der Waals surface area contributed by atoms with Gasteiger partial charge in [0.05, 0.1) is 15.6 Å². The van der Waals surface area contributed by atoms with E-state index in [0.717, 1.165) is 17.9 Å². The van der Waals surface area contributed by atoms with E-state index in [1.807, 2.05) is 6.26 Å². The Morgan fingerprint density at radius 2 is 2.29 bits per heavy atom. The van der Waals surface area contributed by atoms with Crippen LogP contribution in [0, 0.1) is 10.1 Å². The summed E-state index contributed by atoms with van der Waals surface area (Å²) >= 11 is 7.75. The van der Waals surface area contributed by atoms with Crippen LogP contribution in [-0.4, -0.2) is 23.0 Å². The van der Waals surface area contributed by atoms with Crippen molar-refractivity contribution in [1.29, 1.82) is 0 Å². The summed E-state index contributed by atoms with van der Waals surface area (Å²) in [4.78, 5) is 10.1. The van der Waals surface area contributed by atoms with E-state index in [4.69, 9.17) is 11.6 Å². The number of rotatable bonds is 6. The third-order valence-corrected chi connectivity index (χ3v) is 3.43. The Bertz CT molecular complexity index is 401. The molecule has 0 saturated carbocycles. The summed E-state index contributed by atoms with van der Waals surface area (Å²) in [5, 5.41) is 14.2. The molecule has 1 aromatic rings. The highest BCUT2D eigenvalue weighted by atomic mass is 35.5. The summed E-state index contributed by atoms with van der Waals surface area (Å²) in [7, 11) is 0. The molecule has 1 rings (SSSR count). The molecule has 0 spiro atoms. The molecule has 0 heterocycles. The largest absolute Gasteiger partial charge is 0.380 e. The normalized spacial score (nSPS) is 12.2. The molecule has 1 aromatic carbocycles. The Morgan fingerprint density at radius 3 is 2.76 bits per heavy atom. The van der Waals surface area contributed by atoms with Crippen LogP contribution in [0.2, 0.25) is 5.02 Å². The van der Waals surface area contributed by atoms with E-state index in [9.17, 15) is 10.1 Å². The van der Waals surface area contributed by atoms with Crippen LogP contribution in [0.3, 0.4) is 0 Å². The number of nitrogens with one attached hydrogen (secondary N) is 1. The van der Waals surface area contributed by atoms with Gasteiger partial charge in [0.1, 0.15) is 0 Å². The molecule has 1 atom stereocenters. The molecule has 6 heteroatoms. The van der Waals surface area contributed by atoms with Crippen LogP contribution in [0.15, 0.2) is 18.2 Å². The first-order valence-electron chi connectivity index (χ1n) is 5.27. The van der Waals surface area contributed by atoms with E-state index in [0.29, 0.717) is 11.1 Å². The van der Waals surface area contributed by atoms with Crippen LogP contribution in [0.4, 0.5) is 11.4 Å². The van der Waals surface area contributed by atoms with E-state index in [1.165, 1.54) is 12.1 Å². The fraction of sp³-hybridized carbons (Fsp3) is 0.455. The quantitative estimate of drug-likeness (QED) is 0.633. The SMILES string of the molecule is CCC(CSC)Nc1ccc([N+](=O)[O-])cc1Cl. The molecule has 94 valence electrons. The first-order chi connectivity index (χ1) is 8.08. The minimum atomic E-state index is -0.450. The van der Waals surface area contributed by atoms with Crippen molar-refractivity contribution in [2.75, 3.05) is 17.3 Å². The summed E-state index contributed by atoms with van der Waals surface area (Å²) in [6.07, 6.45) is 3.02. The van der Waals surface area contributed by atoms with Crippen LogP contribution in [0.1, 0.15) is 13.3 Å². The first-order valence-corrected chi connectivity index (χ1v) is 7.05. The third kappa shape index (κ3) is 4.09. The molecule has 0 amide bonds.